The van der Waals surface area contributed by atoms with Gasteiger partial charge in [-0.15, -0.1) is 0 Å². The van der Waals surface area contributed by atoms with E-state index in [9.17, 15) is 0 Å². The molecular weight excluding hydrogens is 544 g/mol. The van der Waals surface area contributed by atoms with Crippen LogP contribution < -0.4 is 4.57 Å². The minimum absolute atomic E-state index is 0.619. The minimum atomic E-state index is 0.619. The fourth-order valence-electron chi connectivity index (χ4n) is 7.49. The van der Waals surface area contributed by atoms with Crippen molar-refractivity contribution in [2.24, 2.45) is 0 Å². The first-order chi connectivity index (χ1) is 22.2. The van der Waals surface area contributed by atoms with Gasteiger partial charge in [0.1, 0.15) is 12.4 Å². The molecule has 2 unspecified atom stereocenters. The summed E-state index contributed by atoms with van der Waals surface area (Å²) in [4.78, 5) is 3.74. The highest BCUT2D eigenvalue weighted by Crippen LogP contribution is 2.27. The molecule has 1 aromatic rings. The second kappa shape index (κ2) is 33.1. The van der Waals surface area contributed by atoms with Crippen molar-refractivity contribution in [1.29, 1.82) is 0 Å². The number of rotatable bonds is 36. The average Bonchev–Trinajstić information content (AvgIpc) is 3.54. The van der Waals surface area contributed by atoms with Crippen molar-refractivity contribution >= 4 is 0 Å². The summed E-state index contributed by atoms with van der Waals surface area (Å²) in [6.45, 7) is 9.43. The highest BCUT2D eigenvalue weighted by atomic mass is 15.1. The maximum Gasteiger partial charge on any atom is 0.257 e. The Morgan fingerprint density at radius 2 is 0.711 bits per heavy atom. The Kier molecular flexibility index (Phi) is 31.1. The maximum atomic E-state index is 3.74. The molecule has 0 spiro atoms. The molecule has 2 heteroatoms. The smallest absolute Gasteiger partial charge is 0.247 e. The first kappa shape index (κ1) is 42.2. The first-order valence-electron chi connectivity index (χ1n) is 21.3. The Hall–Kier alpha value is -0.790. The molecule has 1 aromatic heterocycles. The Morgan fingerprint density at radius 1 is 0.422 bits per heavy atom. The summed E-state index contributed by atoms with van der Waals surface area (Å²) in [5.74, 6) is 2.24. The molecule has 1 heterocycles. The lowest BCUT2D eigenvalue weighted by atomic mass is 9.93. The van der Waals surface area contributed by atoms with Gasteiger partial charge in [0.15, 0.2) is 0 Å². The van der Waals surface area contributed by atoms with Crippen LogP contribution in [0.2, 0.25) is 0 Å². The lowest BCUT2D eigenvalue weighted by molar-refractivity contribution is -0.727. The Morgan fingerprint density at radius 3 is 1.07 bits per heavy atom. The minimum Gasteiger partial charge on any atom is -0.247 e. The molecule has 0 saturated heterocycles. The number of aromatic amines is 1. The van der Waals surface area contributed by atoms with E-state index in [-0.39, 0.29) is 0 Å². The Labute approximate surface area is 285 Å². The van der Waals surface area contributed by atoms with Crippen LogP contribution in [-0.4, -0.2) is 4.98 Å². The van der Waals surface area contributed by atoms with E-state index in [2.05, 4.69) is 49.6 Å². The molecule has 45 heavy (non-hydrogen) atoms. The van der Waals surface area contributed by atoms with Gasteiger partial charge in [-0.05, 0) is 32.6 Å². The summed E-state index contributed by atoms with van der Waals surface area (Å²) in [6.07, 6.45) is 53.2. The van der Waals surface area contributed by atoms with Crippen LogP contribution in [0.5, 0.6) is 0 Å². The molecule has 0 radical (unpaired) electrons. The molecule has 0 aliphatic heterocycles. The third-order valence-corrected chi connectivity index (χ3v) is 10.6. The van der Waals surface area contributed by atoms with E-state index in [1.54, 1.807) is 0 Å². The Balaban J connectivity index is 2.24. The summed E-state index contributed by atoms with van der Waals surface area (Å²) in [5.41, 5.74) is 0. The van der Waals surface area contributed by atoms with Crippen LogP contribution in [0.15, 0.2) is 12.4 Å². The summed E-state index contributed by atoms with van der Waals surface area (Å²) < 4.78 is 2.63. The number of nitrogens with one attached hydrogen (secondary N) is 1. The van der Waals surface area contributed by atoms with Gasteiger partial charge in [0, 0.05) is 0 Å². The summed E-state index contributed by atoms with van der Waals surface area (Å²) in [7, 11) is 0. The van der Waals surface area contributed by atoms with Crippen LogP contribution in [0.3, 0.4) is 0 Å². The van der Waals surface area contributed by atoms with E-state index in [1.165, 1.54) is 224 Å². The van der Waals surface area contributed by atoms with Crippen LogP contribution in [-0.2, 0) is 0 Å². The summed E-state index contributed by atoms with van der Waals surface area (Å²) >= 11 is 0. The zero-order chi connectivity index (χ0) is 32.5. The van der Waals surface area contributed by atoms with Crippen LogP contribution in [0.4, 0.5) is 0 Å². The lowest BCUT2D eigenvalue weighted by Gasteiger charge is -2.17. The molecule has 266 valence electrons. The third-order valence-electron chi connectivity index (χ3n) is 10.6. The maximum absolute atomic E-state index is 3.74. The van der Waals surface area contributed by atoms with Crippen molar-refractivity contribution in [2.45, 2.75) is 258 Å². The quantitative estimate of drug-likeness (QED) is 0.0563. The van der Waals surface area contributed by atoms with E-state index < -0.39 is 0 Å². The normalized spacial score (nSPS) is 13.1. The Bertz CT molecular complexity index is 694. The van der Waals surface area contributed by atoms with Gasteiger partial charge in [0.2, 0.25) is 0 Å². The van der Waals surface area contributed by atoms with E-state index in [0.29, 0.717) is 12.0 Å². The molecular formula is C43H85N2+. The van der Waals surface area contributed by atoms with Crippen molar-refractivity contribution in [3.8, 4) is 0 Å². The molecule has 1 N–H and O–H groups in total. The average molecular weight is 630 g/mol. The zero-order valence-electron chi connectivity index (χ0n) is 31.8. The monoisotopic (exact) mass is 630 g/mol. The van der Waals surface area contributed by atoms with E-state index in [4.69, 9.17) is 0 Å². The van der Waals surface area contributed by atoms with Gasteiger partial charge in [0.25, 0.3) is 5.82 Å². The molecule has 0 aromatic carbocycles. The van der Waals surface area contributed by atoms with Crippen LogP contribution >= 0.6 is 0 Å². The summed E-state index contributed by atoms with van der Waals surface area (Å²) in [5, 5.41) is 0. The van der Waals surface area contributed by atoms with Gasteiger partial charge in [-0.1, -0.05) is 213 Å². The second-order valence-electron chi connectivity index (χ2n) is 15.1. The van der Waals surface area contributed by atoms with Crippen molar-refractivity contribution in [1.82, 2.24) is 4.98 Å². The van der Waals surface area contributed by atoms with Crippen molar-refractivity contribution < 1.29 is 4.57 Å². The van der Waals surface area contributed by atoms with Crippen LogP contribution in [0.1, 0.15) is 264 Å². The van der Waals surface area contributed by atoms with Crippen LogP contribution in [0, 0.1) is 0 Å². The molecule has 2 atom stereocenters. The van der Waals surface area contributed by atoms with Gasteiger partial charge in [0.05, 0.1) is 12.0 Å². The topological polar surface area (TPSA) is 19.7 Å². The number of hydrogen-bond acceptors (Lipinski definition) is 0. The third kappa shape index (κ3) is 25.0. The molecule has 0 saturated carbocycles. The predicted octanol–water partition coefficient (Wildman–Crippen LogP) is 15.3. The molecule has 0 amide bonds. The molecule has 0 aliphatic rings. The van der Waals surface area contributed by atoms with Gasteiger partial charge in [-0.2, -0.15) is 0 Å². The van der Waals surface area contributed by atoms with E-state index >= 15 is 0 Å². The molecule has 2 nitrogen and oxygen atoms in total. The van der Waals surface area contributed by atoms with Gasteiger partial charge < -0.3 is 0 Å². The lowest BCUT2D eigenvalue weighted by Crippen LogP contribution is -2.41. The van der Waals surface area contributed by atoms with Gasteiger partial charge >= 0.3 is 0 Å². The highest BCUT2D eigenvalue weighted by Gasteiger charge is 2.25. The second-order valence-corrected chi connectivity index (χ2v) is 15.1. The summed E-state index contributed by atoms with van der Waals surface area (Å²) in [6, 6.07) is 0.619. The largest absolute Gasteiger partial charge is 0.257 e. The molecule has 0 aliphatic carbocycles. The fraction of sp³-hybridized carbons (Fsp3) is 0.930. The van der Waals surface area contributed by atoms with Crippen molar-refractivity contribution in [3.05, 3.63) is 18.2 Å². The number of imidazole rings is 1. The van der Waals surface area contributed by atoms with Crippen LogP contribution in [0.25, 0.3) is 0 Å². The fourth-order valence-corrected chi connectivity index (χ4v) is 7.49. The molecule has 0 fully saturated rings. The van der Waals surface area contributed by atoms with Gasteiger partial charge in [-0.25, -0.2) is 9.55 Å². The number of hydrogen-bond donors (Lipinski definition) is 1. The van der Waals surface area contributed by atoms with E-state index in [1.807, 2.05) is 0 Å². The number of H-pyrrole nitrogens is 1. The SMILES string of the molecule is CCCCCCCCCCCCCCCCCCC(CCCCCC)c1[nH]cc[n+]1C(C)CCCCCCCCCCCCC. The number of unbranched alkanes of at least 4 members (excludes halogenated alkanes) is 28. The molecule has 1 rings (SSSR count). The van der Waals surface area contributed by atoms with E-state index in [0.717, 1.165) is 0 Å². The van der Waals surface area contributed by atoms with Crippen molar-refractivity contribution in [3.63, 3.8) is 0 Å². The zero-order valence-corrected chi connectivity index (χ0v) is 31.8. The number of aromatic nitrogens is 2. The first-order valence-corrected chi connectivity index (χ1v) is 21.3. The predicted molar refractivity (Wildman–Crippen MR) is 202 cm³/mol. The molecule has 0 bridgehead atoms. The van der Waals surface area contributed by atoms with Crippen molar-refractivity contribution in [2.75, 3.05) is 0 Å². The van der Waals surface area contributed by atoms with Gasteiger partial charge in [-0.3, -0.25) is 0 Å². The highest BCUT2D eigenvalue weighted by molar-refractivity contribution is 4.90. The number of nitrogens with zero attached hydrogens (tertiary/aromatic N) is 1. The standard InChI is InChI=1S/C43H84N2/c1-5-8-11-14-16-18-20-21-22-23-24-26-28-30-32-35-38-42(37-34-13-10-7-3)43-44-39-40-45(43)41(4)36-33-31-29-27-25-19-17-15-12-9-6-2/h39-42H,5-38H2,1-4H3/p+1.